The van der Waals surface area contributed by atoms with Gasteiger partial charge < -0.3 is 5.11 Å². The minimum absolute atomic E-state index is 0.0394. The highest BCUT2D eigenvalue weighted by Gasteiger charge is 2.30. The first-order valence-electron chi connectivity index (χ1n) is 6.94. The fraction of sp³-hybridized carbons (Fsp3) is 0.647. The number of phenols is 1. The van der Waals surface area contributed by atoms with Crippen LogP contribution < -0.4 is 0 Å². The van der Waals surface area contributed by atoms with E-state index in [1.807, 2.05) is 0 Å². The second-order valence-electron chi connectivity index (χ2n) is 7.29. The van der Waals surface area contributed by atoms with E-state index in [9.17, 15) is 5.11 Å². The van der Waals surface area contributed by atoms with Crippen LogP contribution in [0, 0.1) is 5.92 Å². The van der Waals surface area contributed by atoms with Gasteiger partial charge >= 0.3 is 0 Å². The van der Waals surface area contributed by atoms with E-state index in [0.29, 0.717) is 17.0 Å². The Kier molecular flexibility index (Phi) is 4.77. The topological polar surface area (TPSA) is 20.2 Å². The molecule has 0 unspecified atom stereocenters. The van der Waals surface area contributed by atoms with Crippen molar-refractivity contribution in [2.45, 2.75) is 64.6 Å². The lowest BCUT2D eigenvalue weighted by molar-refractivity contribution is 0.349. The molecule has 0 amide bonds. The zero-order valence-electron chi connectivity index (χ0n) is 13.3. The first-order valence-corrected chi connectivity index (χ1v) is 8.06. The maximum Gasteiger partial charge on any atom is 0.123 e. The smallest absolute Gasteiger partial charge is 0.123 e. The van der Waals surface area contributed by atoms with E-state index in [0.717, 1.165) is 11.1 Å². The van der Waals surface area contributed by atoms with Gasteiger partial charge in [0.1, 0.15) is 5.75 Å². The molecular formula is C17H27BrO. The third-order valence-electron chi connectivity index (χ3n) is 4.34. The van der Waals surface area contributed by atoms with Crippen molar-refractivity contribution in [1.29, 1.82) is 0 Å². The molecular weight excluding hydrogens is 300 g/mol. The van der Waals surface area contributed by atoms with E-state index in [4.69, 9.17) is 0 Å². The summed E-state index contributed by atoms with van der Waals surface area (Å²) < 4.78 is 0. The third-order valence-corrected chi connectivity index (χ3v) is 4.94. The molecule has 2 heteroatoms. The molecule has 108 valence electrons. The fourth-order valence-electron chi connectivity index (χ4n) is 2.03. The highest BCUT2D eigenvalue weighted by Crippen LogP contribution is 2.41. The molecule has 19 heavy (non-hydrogen) atoms. The van der Waals surface area contributed by atoms with Crippen molar-refractivity contribution in [1.82, 2.24) is 0 Å². The molecule has 0 saturated heterocycles. The van der Waals surface area contributed by atoms with Crippen molar-refractivity contribution >= 4 is 15.9 Å². The summed E-state index contributed by atoms with van der Waals surface area (Å²) in [6.45, 7) is 15.5. The normalized spacial score (nSPS) is 13.1. The average molecular weight is 327 g/mol. The Balaban J connectivity index is 3.55. The lowest BCUT2D eigenvalue weighted by atomic mass is 9.72. The van der Waals surface area contributed by atoms with Gasteiger partial charge in [-0.05, 0) is 22.3 Å². The molecule has 0 aromatic heterocycles. The van der Waals surface area contributed by atoms with Gasteiger partial charge in [0, 0.05) is 16.5 Å². The van der Waals surface area contributed by atoms with E-state index >= 15 is 0 Å². The molecule has 0 aliphatic heterocycles. The van der Waals surface area contributed by atoms with Crippen LogP contribution in [0.3, 0.4) is 0 Å². The summed E-state index contributed by atoms with van der Waals surface area (Å²) in [4.78, 5) is 0. The molecule has 0 fully saturated rings. The predicted molar refractivity (Wildman–Crippen MR) is 87.3 cm³/mol. The molecule has 1 aromatic carbocycles. The minimum Gasteiger partial charge on any atom is -0.507 e. The first kappa shape index (κ1) is 16.6. The van der Waals surface area contributed by atoms with Crippen LogP contribution in [0.1, 0.15) is 65.2 Å². The Bertz CT molecular complexity index is 453. The Hall–Kier alpha value is -0.500. The van der Waals surface area contributed by atoms with E-state index in [-0.39, 0.29) is 10.8 Å². The first-order chi connectivity index (χ1) is 8.51. The summed E-state index contributed by atoms with van der Waals surface area (Å²) in [5.41, 5.74) is 3.37. The van der Waals surface area contributed by atoms with Crippen LogP contribution in [0.2, 0.25) is 0 Å². The second-order valence-corrected chi connectivity index (χ2v) is 7.85. The molecule has 0 aliphatic carbocycles. The molecule has 1 nitrogen and oxygen atoms in total. The van der Waals surface area contributed by atoms with Crippen molar-refractivity contribution < 1.29 is 5.11 Å². The lowest BCUT2D eigenvalue weighted by Gasteiger charge is -2.33. The van der Waals surface area contributed by atoms with Gasteiger partial charge in [-0.3, -0.25) is 0 Å². The number of hydrogen-bond acceptors (Lipinski definition) is 1. The van der Waals surface area contributed by atoms with E-state index in [1.54, 1.807) is 0 Å². The van der Waals surface area contributed by atoms with Crippen molar-refractivity contribution in [3.05, 3.63) is 28.8 Å². The quantitative estimate of drug-likeness (QED) is 0.725. The Labute approximate surface area is 126 Å². The van der Waals surface area contributed by atoms with Crippen molar-refractivity contribution in [3.63, 3.8) is 0 Å². The largest absolute Gasteiger partial charge is 0.507 e. The number of aromatic hydroxyl groups is 1. The highest BCUT2D eigenvalue weighted by atomic mass is 79.9. The third kappa shape index (κ3) is 3.34. The van der Waals surface area contributed by atoms with Gasteiger partial charge in [0.15, 0.2) is 0 Å². The summed E-state index contributed by atoms with van der Waals surface area (Å²) in [6, 6.07) is 4.30. The highest BCUT2D eigenvalue weighted by molar-refractivity contribution is 9.08. The summed E-state index contributed by atoms with van der Waals surface area (Å²) in [5.74, 6) is 0.917. The summed E-state index contributed by atoms with van der Waals surface area (Å²) in [6.07, 6.45) is 0. The molecule has 0 heterocycles. The molecule has 1 aromatic rings. The molecule has 1 rings (SSSR count). The SMILES string of the molecule is CC(C)C(C)(C)c1cc(C(C)(C)C)cc(CBr)c1O. The van der Waals surface area contributed by atoms with Gasteiger partial charge in [0.05, 0.1) is 0 Å². The fourth-order valence-corrected chi connectivity index (χ4v) is 2.46. The number of alkyl halides is 1. The average Bonchev–Trinajstić information content (AvgIpc) is 2.27. The van der Waals surface area contributed by atoms with Gasteiger partial charge in [-0.2, -0.15) is 0 Å². The van der Waals surface area contributed by atoms with Gasteiger partial charge in [-0.25, -0.2) is 0 Å². The van der Waals surface area contributed by atoms with Crippen LogP contribution in [-0.4, -0.2) is 5.11 Å². The van der Waals surface area contributed by atoms with Gasteiger partial charge in [-0.15, -0.1) is 0 Å². The van der Waals surface area contributed by atoms with Crippen LogP contribution in [0.15, 0.2) is 12.1 Å². The minimum atomic E-state index is -0.0394. The molecule has 0 atom stereocenters. The number of hydrogen-bond donors (Lipinski definition) is 1. The van der Waals surface area contributed by atoms with Gasteiger partial charge in [0.2, 0.25) is 0 Å². The van der Waals surface area contributed by atoms with Crippen LogP contribution in [-0.2, 0) is 16.2 Å². The molecule has 0 saturated carbocycles. The monoisotopic (exact) mass is 326 g/mol. The summed E-state index contributed by atoms with van der Waals surface area (Å²) >= 11 is 3.49. The van der Waals surface area contributed by atoms with Crippen molar-refractivity contribution in [2.24, 2.45) is 5.92 Å². The van der Waals surface area contributed by atoms with E-state index in [2.05, 4.69) is 76.5 Å². The van der Waals surface area contributed by atoms with E-state index in [1.165, 1.54) is 5.56 Å². The Morgan fingerprint density at radius 2 is 1.63 bits per heavy atom. The van der Waals surface area contributed by atoms with Crippen molar-refractivity contribution in [2.75, 3.05) is 0 Å². The second kappa shape index (κ2) is 5.47. The number of benzene rings is 1. The van der Waals surface area contributed by atoms with Crippen LogP contribution >= 0.6 is 15.9 Å². The Morgan fingerprint density at radius 3 is 2.00 bits per heavy atom. The summed E-state index contributed by atoms with van der Waals surface area (Å²) in [7, 11) is 0. The standard InChI is InChI=1S/C17H27BrO/c1-11(2)17(6,7)14-9-13(16(3,4)5)8-12(10-18)15(14)19/h8-9,11,19H,10H2,1-7H3. The molecule has 0 spiro atoms. The zero-order chi connectivity index (χ0) is 15.0. The maximum absolute atomic E-state index is 10.5. The maximum atomic E-state index is 10.5. The van der Waals surface area contributed by atoms with Gasteiger partial charge in [0.25, 0.3) is 0 Å². The lowest BCUT2D eigenvalue weighted by Crippen LogP contribution is -2.26. The van der Waals surface area contributed by atoms with Crippen molar-refractivity contribution in [3.8, 4) is 5.75 Å². The number of halogens is 1. The number of rotatable bonds is 3. The zero-order valence-corrected chi connectivity index (χ0v) is 14.9. The summed E-state index contributed by atoms with van der Waals surface area (Å²) in [5, 5.41) is 11.2. The van der Waals surface area contributed by atoms with Crippen LogP contribution in [0.4, 0.5) is 0 Å². The molecule has 0 radical (unpaired) electrons. The molecule has 1 N–H and O–H groups in total. The predicted octanol–water partition coefficient (Wildman–Crippen LogP) is 5.52. The van der Waals surface area contributed by atoms with Gasteiger partial charge in [-0.1, -0.05) is 76.5 Å². The Morgan fingerprint density at radius 1 is 1.11 bits per heavy atom. The number of phenolic OH excluding ortho intramolecular Hbond substituents is 1. The van der Waals surface area contributed by atoms with Crippen LogP contribution in [0.25, 0.3) is 0 Å². The molecule has 0 aliphatic rings. The van der Waals surface area contributed by atoms with E-state index < -0.39 is 0 Å². The van der Waals surface area contributed by atoms with Crippen LogP contribution in [0.5, 0.6) is 5.75 Å². The molecule has 0 bridgehead atoms.